The summed E-state index contributed by atoms with van der Waals surface area (Å²) in [6, 6.07) is 8.92. The normalized spacial score (nSPS) is 12.7. The molecule has 7 nitrogen and oxygen atoms in total. The first kappa shape index (κ1) is 18.4. The number of hydrogen-bond acceptors (Lipinski definition) is 7. The summed E-state index contributed by atoms with van der Waals surface area (Å²) < 4.78 is 14.2. The fourth-order valence-corrected chi connectivity index (χ4v) is 1.37. The first-order chi connectivity index (χ1) is 10.8. The van der Waals surface area contributed by atoms with Crippen LogP contribution in [-0.4, -0.2) is 35.2 Å². The van der Waals surface area contributed by atoms with E-state index >= 15 is 0 Å². The lowest BCUT2D eigenvalue weighted by Gasteiger charge is -2.14. The van der Waals surface area contributed by atoms with Gasteiger partial charge < -0.3 is 19.3 Å². The molecule has 1 rings (SSSR count). The third-order valence-corrected chi connectivity index (χ3v) is 2.63. The highest BCUT2D eigenvalue weighted by Crippen LogP contribution is 2.07. The summed E-state index contributed by atoms with van der Waals surface area (Å²) in [6.07, 6.45) is -2.67. The predicted octanol–water partition coefficient (Wildman–Crippen LogP) is 1.10. The van der Waals surface area contributed by atoms with Crippen LogP contribution in [-0.2, 0) is 35.2 Å². The number of rotatable bonds is 7. The van der Waals surface area contributed by atoms with Gasteiger partial charge in [0.25, 0.3) is 0 Å². The summed E-state index contributed by atoms with van der Waals surface area (Å²) in [5.41, 5.74) is 0.763. The molecule has 0 aliphatic rings. The van der Waals surface area contributed by atoms with Crippen molar-refractivity contribution in [1.29, 1.82) is 0 Å². The van der Waals surface area contributed by atoms with E-state index in [2.05, 4.69) is 16.1 Å². The van der Waals surface area contributed by atoms with Crippen molar-refractivity contribution in [3.63, 3.8) is 0 Å². The molecular formula is C16H18O7. The first-order valence-corrected chi connectivity index (χ1v) is 6.81. The van der Waals surface area contributed by atoms with Gasteiger partial charge in [0.05, 0.1) is 0 Å². The van der Waals surface area contributed by atoms with Crippen LogP contribution >= 0.6 is 0 Å². The molecule has 23 heavy (non-hydrogen) atoms. The van der Waals surface area contributed by atoms with E-state index in [1.807, 2.05) is 6.07 Å². The van der Waals surface area contributed by atoms with Gasteiger partial charge in [-0.3, -0.25) is 0 Å². The number of aliphatic hydroxyl groups excluding tert-OH is 1. The van der Waals surface area contributed by atoms with Crippen LogP contribution < -0.4 is 0 Å². The largest absolute Gasteiger partial charge is 0.455 e. The van der Waals surface area contributed by atoms with Gasteiger partial charge in [0.1, 0.15) is 12.7 Å². The van der Waals surface area contributed by atoms with Gasteiger partial charge in [0.15, 0.2) is 6.10 Å². The molecule has 0 unspecified atom stereocenters. The average Bonchev–Trinajstić information content (AvgIpc) is 2.53. The quantitative estimate of drug-likeness (QED) is 0.347. The molecule has 1 N–H and O–H groups in total. The fourth-order valence-electron chi connectivity index (χ4n) is 1.37. The average molecular weight is 322 g/mol. The number of hydrogen-bond donors (Lipinski definition) is 1. The summed E-state index contributed by atoms with van der Waals surface area (Å²) in [6.45, 7) is 5.73. The lowest BCUT2D eigenvalue weighted by Crippen LogP contribution is -2.31. The maximum atomic E-state index is 11.7. The minimum atomic E-state index is -1.37. The van der Waals surface area contributed by atoms with Gasteiger partial charge in [-0.15, -0.1) is 0 Å². The number of carbonyl (C=O) groups excluding carboxylic acids is 3. The maximum Gasteiger partial charge on any atom is 0.374 e. The summed E-state index contributed by atoms with van der Waals surface area (Å²) in [4.78, 5) is 34.4. The second kappa shape index (κ2) is 8.70. The van der Waals surface area contributed by atoms with Crippen molar-refractivity contribution >= 4 is 17.9 Å². The lowest BCUT2D eigenvalue weighted by molar-refractivity contribution is -0.170. The molecule has 1 aromatic carbocycles. The van der Waals surface area contributed by atoms with Crippen molar-refractivity contribution < 1.29 is 33.7 Å². The molecule has 124 valence electrons. The van der Waals surface area contributed by atoms with Gasteiger partial charge in [-0.1, -0.05) is 30.3 Å². The predicted molar refractivity (Wildman–Crippen MR) is 78.7 cm³/mol. The summed E-state index contributed by atoms with van der Waals surface area (Å²) in [7, 11) is 0. The van der Waals surface area contributed by atoms with Crippen molar-refractivity contribution in [2.45, 2.75) is 32.7 Å². The van der Waals surface area contributed by atoms with E-state index in [1.54, 1.807) is 24.3 Å². The van der Waals surface area contributed by atoms with Crippen LogP contribution in [0.3, 0.4) is 0 Å². The third kappa shape index (κ3) is 6.31. The summed E-state index contributed by atoms with van der Waals surface area (Å²) in [5, 5.41) is 8.98. The zero-order valence-electron chi connectivity index (χ0n) is 12.9. The van der Waals surface area contributed by atoms with Gasteiger partial charge in [-0.2, -0.15) is 0 Å². The number of esters is 3. The van der Waals surface area contributed by atoms with Crippen molar-refractivity contribution in [3.8, 4) is 0 Å². The molecule has 2 atom stereocenters. The molecule has 0 aliphatic heterocycles. The lowest BCUT2D eigenvalue weighted by atomic mass is 10.2. The van der Waals surface area contributed by atoms with Gasteiger partial charge in [-0.25, -0.2) is 14.4 Å². The van der Waals surface area contributed by atoms with Crippen molar-refractivity contribution in [2.24, 2.45) is 0 Å². The molecule has 0 bridgehead atoms. The van der Waals surface area contributed by atoms with Crippen LogP contribution in [0.15, 0.2) is 42.7 Å². The van der Waals surface area contributed by atoms with Gasteiger partial charge in [0, 0.05) is 0 Å². The summed E-state index contributed by atoms with van der Waals surface area (Å²) >= 11 is 0. The fraction of sp³-hybridized carbons (Fsp3) is 0.312. The van der Waals surface area contributed by atoms with E-state index in [4.69, 9.17) is 9.84 Å². The topological polar surface area (TPSA) is 99.1 Å². The van der Waals surface area contributed by atoms with E-state index in [9.17, 15) is 14.4 Å². The second-order valence-electron chi connectivity index (χ2n) is 4.66. The molecular weight excluding hydrogens is 304 g/mol. The Labute approximate surface area is 133 Å². The smallest absolute Gasteiger partial charge is 0.374 e. The van der Waals surface area contributed by atoms with E-state index in [1.165, 1.54) is 13.8 Å². The molecule has 0 fully saturated rings. The van der Waals surface area contributed by atoms with Crippen LogP contribution in [0.5, 0.6) is 0 Å². The molecule has 0 aromatic heterocycles. The van der Waals surface area contributed by atoms with Crippen LogP contribution in [0.25, 0.3) is 0 Å². The summed E-state index contributed by atoms with van der Waals surface area (Å²) in [5.74, 6) is -3.41. The van der Waals surface area contributed by atoms with E-state index < -0.39 is 35.9 Å². The van der Waals surface area contributed by atoms with E-state index in [0.717, 1.165) is 5.56 Å². The van der Waals surface area contributed by atoms with Crippen molar-refractivity contribution in [2.75, 3.05) is 0 Å². The number of ether oxygens (including phenoxy) is 3. The molecule has 7 heteroatoms. The Morgan fingerprint density at radius 1 is 1.13 bits per heavy atom. The molecule has 0 amide bonds. The monoisotopic (exact) mass is 322 g/mol. The maximum absolute atomic E-state index is 11.7. The van der Waals surface area contributed by atoms with E-state index in [-0.39, 0.29) is 6.61 Å². The Balaban J connectivity index is 2.43. The zero-order valence-corrected chi connectivity index (χ0v) is 12.9. The molecule has 0 heterocycles. The highest BCUT2D eigenvalue weighted by molar-refractivity contribution is 5.90. The van der Waals surface area contributed by atoms with Crippen molar-refractivity contribution in [1.82, 2.24) is 0 Å². The Morgan fingerprint density at radius 3 is 2.30 bits per heavy atom. The van der Waals surface area contributed by atoms with Crippen LogP contribution in [0.4, 0.5) is 0 Å². The number of aliphatic hydroxyl groups is 1. The Kier molecular flexibility index (Phi) is 6.95. The molecule has 0 radical (unpaired) electrons. The van der Waals surface area contributed by atoms with Crippen LogP contribution in [0, 0.1) is 0 Å². The zero-order chi connectivity index (χ0) is 17.4. The van der Waals surface area contributed by atoms with Crippen LogP contribution in [0.2, 0.25) is 0 Å². The number of carbonyl (C=O) groups is 3. The minimum absolute atomic E-state index is 0.00279. The molecule has 0 saturated heterocycles. The number of benzene rings is 1. The Morgan fingerprint density at radius 2 is 1.74 bits per heavy atom. The van der Waals surface area contributed by atoms with Gasteiger partial charge in [-0.05, 0) is 26.0 Å². The van der Waals surface area contributed by atoms with Crippen molar-refractivity contribution in [3.05, 3.63) is 48.2 Å². The van der Waals surface area contributed by atoms with Crippen LogP contribution in [0.1, 0.15) is 19.4 Å². The SMILES string of the molecule is C=C(OC(=O)[C@H](C)OC(=O)[C@H](C)O)C(=O)OCc1ccccc1. The van der Waals surface area contributed by atoms with Gasteiger partial charge >= 0.3 is 17.9 Å². The Hall–Kier alpha value is -2.67. The molecule has 0 aliphatic carbocycles. The minimum Gasteiger partial charge on any atom is -0.455 e. The molecule has 0 saturated carbocycles. The highest BCUT2D eigenvalue weighted by atomic mass is 16.6. The van der Waals surface area contributed by atoms with E-state index in [0.29, 0.717) is 0 Å². The third-order valence-electron chi connectivity index (χ3n) is 2.63. The Bertz CT molecular complexity index is 577. The first-order valence-electron chi connectivity index (χ1n) is 6.81. The second-order valence-corrected chi connectivity index (χ2v) is 4.66. The van der Waals surface area contributed by atoms with Gasteiger partial charge in [0.2, 0.25) is 5.76 Å². The molecule has 0 spiro atoms. The standard InChI is InChI=1S/C16H18O7/c1-10(17)14(18)22-12(3)16(20)23-11(2)15(19)21-9-13-7-5-4-6-8-13/h4-8,10,12,17H,2,9H2,1,3H3/t10-,12-/m0/s1. The molecule has 1 aromatic rings. The highest BCUT2D eigenvalue weighted by Gasteiger charge is 2.24.